The Morgan fingerprint density at radius 1 is 1.00 bits per heavy atom. The van der Waals surface area contributed by atoms with Gasteiger partial charge in [0, 0.05) is 17.2 Å². The van der Waals surface area contributed by atoms with E-state index < -0.39 is 0 Å². The molecule has 2 aromatic carbocycles. The van der Waals surface area contributed by atoms with E-state index in [4.69, 9.17) is 0 Å². The number of para-hydroxylation sites is 2. The summed E-state index contributed by atoms with van der Waals surface area (Å²) in [4.78, 5) is 25.7. The second-order valence-corrected chi connectivity index (χ2v) is 6.18. The molecular weight excluding hydrogens is 370 g/mol. The molecule has 0 radical (unpaired) electrons. The van der Waals surface area contributed by atoms with Gasteiger partial charge in [0.1, 0.15) is 6.54 Å². The predicted octanol–water partition coefficient (Wildman–Crippen LogP) is 4.11. The van der Waals surface area contributed by atoms with E-state index in [1.54, 1.807) is 13.1 Å². The van der Waals surface area contributed by atoms with Crippen LogP contribution in [-0.4, -0.2) is 30.4 Å². The van der Waals surface area contributed by atoms with Crippen molar-refractivity contribution >= 4 is 39.2 Å². The zero-order chi connectivity index (χ0) is 17.5. The third kappa shape index (κ3) is 4.83. The van der Waals surface area contributed by atoms with Crippen LogP contribution in [0.2, 0.25) is 0 Å². The number of nitrogens with one attached hydrogen (secondary N) is 2. The summed E-state index contributed by atoms with van der Waals surface area (Å²) >= 11 is 3.37. The Hall–Kier alpha value is -2.34. The van der Waals surface area contributed by atoms with Crippen LogP contribution in [0.3, 0.4) is 0 Å². The minimum Gasteiger partial charge on any atom is -0.324 e. The van der Waals surface area contributed by atoms with Gasteiger partial charge in [-0.1, -0.05) is 37.3 Å². The summed E-state index contributed by atoms with van der Waals surface area (Å²) < 4.78 is 0.785. The van der Waals surface area contributed by atoms with E-state index in [0.717, 1.165) is 22.1 Å². The minimum absolute atomic E-state index is 0.0334. The van der Waals surface area contributed by atoms with Crippen molar-refractivity contribution in [1.82, 2.24) is 4.90 Å². The first kappa shape index (κ1) is 18.0. The lowest BCUT2D eigenvalue weighted by Crippen LogP contribution is -2.37. The fraction of sp³-hybridized carbons (Fsp3) is 0.222. The summed E-state index contributed by atoms with van der Waals surface area (Å²) in [6, 6.07) is 14.6. The number of aryl methyl sites for hydroxylation is 1. The largest absolute Gasteiger partial charge is 0.324 e. The molecule has 0 saturated heterocycles. The molecule has 0 aliphatic carbocycles. The molecule has 3 amide bonds. The van der Waals surface area contributed by atoms with E-state index in [0.29, 0.717) is 5.69 Å². The SMILES string of the molecule is CCc1ccccc1NC(=O)CN(C)C(=O)Nc1ccccc1Br. The van der Waals surface area contributed by atoms with Crippen LogP contribution in [0.4, 0.5) is 16.2 Å². The van der Waals surface area contributed by atoms with E-state index in [1.165, 1.54) is 4.90 Å². The molecule has 126 valence electrons. The zero-order valence-corrected chi connectivity index (χ0v) is 15.3. The molecule has 0 unspecified atom stereocenters. The first-order valence-corrected chi connectivity index (χ1v) is 8.45. The number of rotatable bonds is 5. The van der Waals surface area contributed by atoms with Crippen molar-refractivity contribution in [3.8, 4) is 0 Å². The summed E-state index contributed by atoms with van der Waals surface area (Å²) in [5.41, 5.74) is 2.50. The lowest BCUT2D eigenvalue weighted by atomic mass is 10.1. The maximum Gasteiger partial charge on any atom is 0.322 e. The topological polar surface area (TPSA) is 61.4 Å². The fourth-order valence-electron chi connectivity index (χ4n) is 2.20. The van der Waals surface area contributed by atoms with E-state index in [2.05, 4.69) is 26.6 Å². The van der Waals surface area contributed by atoms with Crippen LogP contribution in [0.15, 0.2) is 53.0 Å². The summed E-state index contributed by atoms with van der Waals surface area (Å²) in [5, 5.41) is 5.61. The number of carbonyl (C=O) groups is 2. The molecule has 0 bridgehead atoms. The van der Waals surface area contributed by atoms with Crippen LogP contribution >= 0.6 is 15.9 Å². The second kappa shape index (κ2) is 8.49. The molecule has 0 aliphatic heterocycles. The molecule has 0 heterocycles. The highest BCUT2D eigenvalue weighted by Crippen LogP contribution is 2.21. The Balaban J connectivity index is 1.93. The van der Waals surface area contributed by atoms with Gasteiger partial charge in [0.15, 0.2) is 0 Å². The summed E-state index contributed by atoms with van der Waals surface area (Å²) in [6.07, 6.45) is 0.828. The molecule has 0 saturated carbocycles. The maximum absolute atomic E-state index is 12.2. The van der Waals surface area contributed by atoms with Gasteiger partial charge in [-0.2, -0.15) is 0 Å². The molecule has 6 heteroatoms. The van der Waals surface area contributed by atoms with Crippen molar-refractivity contribution in [2.75, 3.05) is 24.2 Å². The van der Waals surface area contributed by atoms with Crippen LogP contribution in [0.1, 0.15) is 12.5 Å². The Morgan fingerprint density at radius 3 is 2.29 bits per heavy atom. The molecule has 0 aromatic heterocycles. The molecule has 5 nitrogen and oxygen atoms in total. The normalized spacial score (nSPS) is 10.1. The number of nitrogens with zero attached hydrogens (tertiary/aromatic N) is 1. The van der Waals surface area contributed by atoms with Crippen LogP contribution in [0.25, 0.3) is 0 Å². The number of hydrogen-bond acceptors (Lipinski definition) is 2. The van der Waals surface area contributed by atoms with Crippen molar-refractivity contribution in [2.24, 2.45) is 0 Å². The Morgan fingerprint density at radius 2 is 1.62 bits per heavy atom. The number of anilines is 2. The number of hydrogen-bond donors (Lipinski definition) is 2. The average molecular weight is 390 g/mol. The molecule has 0 fully saturated rings. The van der Waals surface area contributed by atoms with Crippen LogP contribution < -0.4 is 10.6 Å². The predicted molar refractivity (Wildman–Crippen MR) is 100 cm³/mol. The van der Waals surface area contributed by atoms with Gasteiger partial charge in [0.25, 0.3) is 0 Å². The maximum atomic E-state index is 12.2. The summed E-state index contributed by atoms with van der Waals surface area (Å²) in [5.74, 6) is -0.235. The number of benzene rings is 2. The fourth-order valence-corrected chi connectivity index (χ4v) is 2.58. The van der Waals surface area contributed by atoms with Crippen molar-refractivity contribution in [3.63, 3.8) is 0 Å². The number of carbonyl (C=O) groups excluding carboxylic acids is 2. The van der Waals surface area contributed by atoms with Crippen molar-refractivity contribution in [3.05, 3.63) is 58.6 Å². The minimum atomic E-state index is -0.346. The lowest BCUT2D eigenvalue weighted by molar-refractivity contribution is -0.116. The third-order valence-corrected chi connectivity index (χ3v) is 4.21. The highest BCUT2D eigenvalue weighted by molar-refractivity contribution is 9.10. The Bertz CT molecular complexity index is 734. The molecule has 2 rings (SSSR count). The standard InChI is InChI=1S/C18H20BrN3O2/c1-3-13-8-4-6-10-15(13)20-17(23)12-22(2)18(24)21-16-11-7-5-9-14(16)19/h4-11H,3,12H2,1-2H3,(H,20,23)(H,21,24). The van der Waals surface area contributed by atoms with Crippen LogP contribution in [0, 0.1) is 0 Å². The average Bonchev–Trinajstić information content (AvgIpc) is 2.57. The monoisotopic (exact) mass is 389 g/mol. The lowest BCUT2D eigenvalue weighted by Gasteiger charge is -2.18. The molecule has 0 atom stereocenters. The van der Waals surface area contributed by atoms with Gasteiger partial charge in [-0.3, -0.25) is 4.79 Å². The van der Waals surface area contributed by atoms with Crippen LogP contribution in [-0.2, 0) is 11.2 Å². The molecule has 0 spiro atoms. The van der Waals surface area contributed by atoms with E-state index in [9.17, 15) is 9.59 Å². The molecule has 24 heavy (non-hydrogen) atoms. The Kier molecular flexibility index (Phi) is 6.37. The summed E-state index contributed by atoms with van der Waals surface area (Å²) in [6.45, 7) is 2.00. The highest BCUT2D eigenvalue weighted by Gasteiger charge is 2.14. The van der Waals surface area contributed by atoms with Gasteiger partial charge in [-0.05, 0) is 46.1 Å². The van der Waals surface area contributed by atoms with Gasteiger partial charge in [-0.25, -0.2) is 4.79 Å². The van der Waals surface area contributed by atoms with Gasteiger partial charge in [-0.15, -0.1) is 0 Å². The van der Waals surface area contributed by atoms with Crippen molar-refractivity contribution in [2.45, 2.75) is 13.3 Å². The smallest absolute Gasteiger partial charge is 0.322 e. The zero-order valence-electron chi connectivity index (χ0n) is 13.7. The van der Waals surface area contributed by atoms with Gasteiger partial charge in [0.05, 0.1) is 5.69 Å². The number of amides is 3. The number of urea groups is 1. The first-order valence-electron chi connectivity index (χ1n) is 7.65. The third-order valence-electron chi connectivity index (χ3n) is 3.52. The van der Waals surface area contributed by atoms with Crippen molar-refractivity contribution in [1.29, 1.82) is 0 Å². The number of halogens is 1. The summed E-state index contributed by atoms with van der Waals surface area (Å²) in [7, 11) is 1.58. The first-order chi connectivity index (χ1) is 11.5. The van der Waals surface area contributed by atoms with Gasteiger partial charge in [0.2, 0.25) is 5.91 Å². The second-order valence-electron chi connectivity index (χ2n) is 5.32. The molecular formula is C18H20BrN3O2. The van der Waals surface area contributed by atoms with E-state index in [1.807, 2.05) is 49.4 Å². The highest BCUT2D eigenvalue weighted by atomic mass is 79.9. The van der Waals surface area contributed by atoms with Crippen LogP contribution in [0.5, 0.6) is 0 Å². The molecule has 0 aliphatic rings. The van der Waals surface area contributed by atoms with Crippen molar-refractivity contribution < 1.29 is 9.59 Å². The van der Waals surface area contributed by atoms with Gasteiger partial charge >= 0.3 is 6.03 Å². The molecule has 2 aromatic rings. The van der Waals surface area contributed by atoms with E-state index >= 15 is 0 Å². The quantitative estimate of drug-likeness (QED) is 0.807. The molecule has 2 N–H and O–H groups in total. The van der Waals surface area contributed by atoms with Gasteiger partial charge < -0.3 is 15.5 Å². The van der Waals surface area contributed by atoms with E-state index in [-0.39, 0.29) is 18.5 Å². The number of likely N-dealkylation sites (N-methyl/N-ethyl adjacent to an activating group) is 1. The Labute approximate surface area is 150 Å².